The first-order chi connectivity index (χ1) is 10.1. The van der Waals surface area contributed by atoms with E-state index >= 15 is 0 Å². The van der Waals surface area contributed by atoms with Gasteiger partial charge in [0.1, 0.15) is 5.75 Å². The summed E-state index contributed by atoms with van der Waals surface area (Å²) in [5, 5.41) is 3.24. The number of Topliss-reactive ketones (excluding diaryl/α,β-unsaturated/α-hetero) is 1. The zero-order chi connectivity index (χ0) is 15.6. The van der Waals surface area contributed by atoms with Crippen LogP contribution in [0.3, 0.4) is 0 Å². The van der Waals surface area contributed by atoms with Gasteiger partial charge in [-0.05, 0) is 12.1 Å². The molecule has 1 aliphatic heterocycles. The highest BCUT2D eigenvalue weighted by molar-refractivity contribution is 6.46. The summed E-state index contributed by atoms with van der Waals surface area (Å²) >= 11 is 0. The molecule has 0 fully saturated rings. The molecule has 1 amide bonds. The molecule has 3 rings (SSSR count). The van der Waals surface area contributed by atoms with Gasteiger partial charge in [0.05, 0.1) is 29.3 Å². The fourth-order valence-electron chi connectivity index (χ4n) is 2.51. The van der Waals surface area contributed by atoms with Gasteiger partial charge in [-0.15, -0.1) is 0 Å². The van der Waals surface area contributed by atoms with Crippen molar-refractivity contribution < 1.29 is 14.3 Å². The van der Waals surface area contributed by atoms with Gasteiger partial charge in [-0.2, -0.15) is 0 Å². The van der Waals surface area contributed by atoms with Gasteiger partial charge in [0.2, 0.25) is 0 Å². The number of aromatic nitrogens is 1. The Morgan fingerprint density at radius 1 is 1.33 bits per heavy atom. The highest BCUT2D eigenvalue weighted by Crippen LogP contribution is 2.34. The van der Waals surface area contributed by atoms with Crippen LogP contribution in [0.4, 0.5) is 0 Å². The number of carbonyl (C=O) groups excluding carboxylic acids is 2. The summed E-state index contributed by atoms with van der Waals surface area (Å²) in [5.74, 6) is -0.562. The number of ether oxygens (including phenoxy) is 1. The van der Waals surface area contributed by atoms with Crippen LogP contribution in [0.1, 0.15) is 29.9 Å². The van der Waals surface area contributed by atoms with Crippen LogP contribution in [0.15, 0.2) is 31.0 Å². The number of carbonyl (C=O) groups is 2. The molecule has 1 aromatic carbocycles. The summed E-state index contributed by atoms with van der Waals surface area (Å²) in [6, 6.07) is 5.48. The van der Waals surface area contributed by atoms with Crippen LogP contribution in [-0.4, -0.2) is 16.3 Å². The van der Waals surface area contributed by atoms with Gasteiger partial charge >= 0.3 is 0 Å². The molecule has 0 unspecified atom stereocenters. The standard InChI is InChI=1S/C14H12N2O3.C2H6/c1-3-19-10-6-4-5-8-11(10)12-9(16(8)2)7-15-14(18)13(12)17;1-2/h3-6H,1,7H2,2H3,(H,15,18);1-2H3. The van der Waals surface area contributed by atoms with Crippen molar-refractivity contribution in [3.05, 3.63) is 42.3 Å². The summed E-state index contributed by atoms with van der Waals surface area (Å²) in [5.41, 5.74) is 2.08. The van der Waals surface area contributed by atoms with E-state index in [1.165, 1.54) is 6.26 Å². The van der Waals surface area contributed by atoms with Gasteiger partial charge < -0.3 is 14.6 Å². The maximum absolute atomic E-state index is 12.1. The van der Waals surface area contributed by atoms with Crippen LogP contribution in [-0.2, 0) is 18.4 Å². The van der Waals surface area contributed by atoms with Crippen molar-refractivity contribution in [3.8, 4) is 5.75 Å². The lowest BCUT2D eigenvalue weighted by Gasteiger charge is -2.13. The number of nitrogens with zero attached hydrogens (tertiary/aromatic N) is 1. The Balaban J connectivity index is 0.000000774. The van der Waals surface area contributed by atoms with E-state index in [1.54, 1.807) is 6.07 Å². The largest absolute Gasteiger partial charge is 0.465 e. The molecule has 0 spiro atoms. The summed E-state index contributed by atoms with van der Waals surface area (Å²) in [7, 11) is 1.86. The molecule has 21 heavy (non-hydrogen) atoms. The van der Waals surface area contributed by atoms with Gasteiger partial charge in [0.25, 0.3) is 11.7 Å². The summed E-state index contributed by atoms with van der Waals surface area (Å²) in [6.45, 7) is 7.87. The molecular formula is C16H18N2O3. The second-order valence-corrected chi connectivity index (χ2v) is 4.33. The third-order valence-electron chi connectivity index (χ3n) is 3.37. The predicted octanol–water partition coefficient (Wildman–Crippen LogP) is 2.54. The summed E-state index contributed by atoms with van der Waals surface area (Å²) in [4.78, 5) is 23.6. The molecule has 5 nitrogen and oxygen atoms in total. The number of rotatable bonds is 2. The van der Waals surface area contributed by atoms with Gasteiger partial charge in [0.15, 0.2) is 0 Å². The molecule has 0 radical (unpaired) electrons. The van der Waals surface area contributed by atoms with Crippen LogP contribution < -0.4 is 10.1 Å². The molecular weight excluding hydrogens is 268 g/mol. The van der Waals surface area contributed by atoms with Crippen molar-refractivity contribution >= 4 is 22.6 Å². The second-order valence-electron chi connectivity index (χ2n) is 4.33. The lowest BCUT2D eigenvalue weighted by atomic mass is 10.0. The molecule has 0 aliphatic carbocycles. The minimum absolute atomic E-state index is 0.346. The quantitative estimate of drug-likeness (QED) is 0.681. The average Bonchev–Trinajstić information content (AvgIpc) is 2.80. The van der Waals surface area contributed by atoms with Crippen LogP contribution in [0.25, 0.3) is 10.9 Å². The van der Waals surface area contributed by atoms with E-state index in [0.29, 0.717) is 23.2 Å². The molecule has 0 bridgehead atoms. The molecule has 1 aliphatic rings. The second kappa shape index (κ2) is 5.83. The minimum Gasteiger partial charge on any atom is -0.465 e. The topological polar surface area (TPSA) is 60.3 Å². The van der Waals surface area contributed by atoms with E-state index in [-0.39, 0.29) is 0 Å². The number of fused-ring (bicyclic) bond motifs is 3. The van der Waals surface area contributed by atoms with Crippen molar-refractivity contribution in [1.29, 1.82) is 0 Å². The SMILES string of the molecule is C=COc1cccc2c1c1c(n2C)CNC(=O)C1=O.CC. The number of ketones is 1. The first kappa shape index (κ1) is 14.8. The summed E-state index contributed by atoms with van der Waals surface area (Å²) < 4.78 is 7.25. The third-order valence-corrected chi connectivity index (χ3v) is 3.37. The van der Waals surface area contributed by atoms with Gasteiger partial charge in [-0.3, -0.25) is 9.59 Å². The molecule has 0 saturated carbocycles. The molecule has 1 N–H and O–H groups in total. The lowest BCUT2D eigenvalue weighted by Crippen LogP contribution is -2.36. The molecule has 2 aromatic rings. The fraction of sp³-hybridized carbons (Fsp3) is 0.250. The Labute approximate surface area is 123 Å². The highest BCUT2D eigenvalue weighted by atomic mass is 16.5. The van der Waals surface area contributed by atoms with Crippen molar-refractivity contribution in [2.24, 2.45) is 7.05 Å². The van der Waals surface area contributed by atoms with E-state index in [4.69, 9.17) is 4.74 Å². The zero-order valence-electron chi connectivity index (χ0n) is 12.4. The van der Waals surface area contributed by atoms with Crippen LogP contribution in [0.2, 0.25) is 0 Å². The van der Waals surface area contributed by atoms with Crippen LogP contribution in [0.5, 0.6) is 5.75 Å². The Hall–Kier alpha value is -2.56. The van der Waals surface area contributed by atoms with Crippen molar-refractivity contribution in [2.75, 3.05) is 0 Å². The van der Waals surface area contributed by atoms with Gasteiger partial charge in [0, 0.05) is 12.7 Å². The van der Waals surface area contributed by atoms with E-state index in [2.05, 4.69) is 11.9 Å². The fourth-order valence-corrected chi connectivity index (χ4v) is 2.51. The maximum Gasteiger partial charge on any atom is 0.292 e. The number of aryl methyl sites for hydroxylation is 1. The predicted molar refractivity (Wildman–Crippen MR) is 81.3 cm³/mol. The molecule has 110 valence electrons. The minimum atomic E-state index is -0.576. The maximum atomic E-state index is 12.1. The van der Waals surface area contributed by atoms with E-state index in [1.807, 2.05) is 37.6 Å². The first-order valence-electron chi connectivity index (χ1n) is 6.85. The Morgan fingerprint density at radius 3 is 2.71 bits per heavy atom. The highest BCUT2D eigenvalue weighted by Gasteiger charge is 2.31. The number of amides is 1. The van der Waals surface area contributed by atoms with Crippen molar-refractivity contribution in [2.45, 2.75) is 20.4 Å². The van der Waals surface area contributed by atoms with Crippen LogP contribution >= 0.6 is 0 Å². The molecule has 5 heteroatoms. The smallest absolute Gasteiger partial charge is 0.292 e. The Bertz CT molecular complexity index is 729. The van der Waals surface area contributed by atoms with Crippen LogP contribution in [0, 0.1) is 0 Å². The normalized spacial score (nSPS) is 13.1. The van der Waals surface area contributed by atoms with E-state index < -0.39 is 11.7 Å². The molecule has 0 atom stereocenters. The van der Waals surface area contributed by atoms with Crippen molar-refractivity contribution in [3.63, 3.8) is 0 Å². The monoisotopic (exact) mass is 286 g/mol. The molecule has 1 aromatic heterocycles. The third kappa shape index (κ3) is 2.20. The molecule has 0 saturated heterocycles. The zero-order valence-corrected chi connectivity index (χ0v) is 12.4. The summed E-state index contributed by atoms with van der Waals surface area (Å²) in [6.07, 6.45) is 1.31. The van der Waals surface area contributed by atoms with E-state index in [9.17, 15) is 9.59 Å². The lowest BCUT2D eigenvalue weighted by molar-refractivity contribution is -0.117. The number of hydrogen-bond donors (Lipinski definition) is 1. The Kier molecular flexibility index (Phi) is 4.12. The average molecular weight is 286 g/mol. The Morgan fingerprint density at radius 2 is 2.05 bits per heavy atom. The van der Waals surface area contributed by atoms with Crippen molar-refractivity contribution in [1.82, 2.24) is 9.88 Å². The molecule has 2 heterocycles. The number of hydrogen-bond acceptors (Lipinski definition) is 3. The van der Waals surface area contributed by atoms with Gasteiger partial charge in [-0.1, -0.05) is 26.5 Å². The van der Waals surface area contributed by atoms with E-state index in [0.717, 1.165) is 11.2 Å². The number of nitrogens with one attached hydrogen (secondary N) is 1. The number of benzene rings is 1. The van der Waals surface area contributed by atoms with Gasteiger partial charge in [-0.25, -0.2) is 0 Å². The first-order valence-corrected chi connectivity index (χ1v) is 6.85.